The molecule has 20 heavy (non-hydrogen) atoms. The van der Waals surface area contributed by atoms with Crippen molar-refractivity contribution in [2.24, 2.45) is 0 Å². The number of hydrogen-bond acceptors (Lipinski definition) is 3. The summed E-state index contributed by atoms with van der Waals surface area (Å²) in [7, 11) is 0. The van der Waals surface area contributed by atoms with E-state index < -0.39 is 23.5 Å². The summed E-state index contributed by atoms with van der Waals surface area (Å²) in [4.78, 5) is 11.5. The van der Waals surface area contributed by atoms with Crippen LogP contribution < -0.4 is 5.32 Å². The van der Waals surface area contributed by atoms with E-state index in [2.05, 4.69) is 5.32 Å². The predicted molar refractivity (Wildman–Crippen MR) is 68.3 cm³/mol. The summed E-state index contributed by atoms with van der Waals surface area (Å²) in [5.74, 6) is -2.97. The van der Waals surface area contributed by atoms with E-state index in [0.717, 1.165) is 5.56 Å². The zero-order chi connectivity index (χ0) is 14.5. The molecule has 0 aromatic heterocycles. The van der Waals surface area contributed by atoms with Crippen LogP contribution in [-0.2, 0) is 11.3 Å². The van der Waals surface area contributed by atoms with Crippen molar-refractivity contribution < 1.29 is 23.4 Å². The van der Waals surface area contributed by atoms with Gasteiger partial charge in [0.25, 0.3) is 0 Å². The highest BCUT2D eigenvalue weighted by atomic mass is 19.2. The molecule has 1 amide bonds. The summed E-state index contributed by atoms with van der Waals surface area (Å²) in [5, 5.41) is 11.5. The number of carbonyl (C=O) groups excluding carboxylic acids is 1. The van der Waals surface area contributed by atoms with Gasteiger partial charge >= 0.3 is 6.09 Å². The van der Waals surface area contributed by atoms with Crippen molar-refractivity contribution in [2.45, 2.75) is 6.61 Å². The third kappa shape index (κ3) is 3.44. The van der Waals surface area contributed by atoms with Gasteiger partial charge in [0, 0.05) is 12.1 Å². The Bertz CT molecular complexity index is 617. The van der Waals surface area contributed by atoms with Crippen LogP contribution in [0.15, 0.2) is 42.5 Å². The van der Waals surface area contributed by atoms with Crippen molar-refractivity contribution in [1.29, 1.82) is 0 Å². The topological polar surface area (TPSA) is 58.6 Å². The molecule has 0 heterocycles. The van der Waals surface area contributed by atoms with Crippen LogP contribution in [0, 0.1) is 11.6 Å². The van der Waals surface area contributed by atoms with Gasteiger partial charge in [0.1, 0.15) is 12.4 Å². The molecule has 0 saturated heterocycles. The van der Waals surface area contributed by atoms with Gasteiger partial charge in [-0.15, -0.1) is 0 Å². The molecule has 0 saturated carbocycles. The number of nitrogens with one attached hydrogen (secondary N) is 1. The fourth-order valence-corrected chi connectivity index (χ4v) is 1.51. The summed E-state index contributed by atoms with van der Waals surface area (Å²) in [6.45, 7) is 0.0249. The number of phenols is 1. The molecule has 0 unspecified atom stereocenters. The number of ether oxygens (including phenoxy) is 1. The average Bonchev–Trinajstić information content (AvgIpc) is 2.44. The third-order valence-corrected chi connectivity index (χ3v) is 2.49. The monoisotopic (exact) mass is 279 g/mol. The highest BCUT2D eigenvalue weighted by Crippen LogP contribution is 2.26. The number of halogens is 2. The van der Waals surface area contributed by atoms with Crippen molar-refractivity contribution in [3.63, 3.8) is 0 Å². The Labute approximate surface area is 113 Å². The fraction of sp³-hybridized carbons (Fsp3) is 0.0714. The number of hydrogen-bond donors (Lipinski definition) is 2. The van der Waals surface area contributed by atoms with E-state index in [9.17, 15) is 18.7 Å². The number of aromatic hydroxyl groups is 1. The van der Waals surface area contributed by atoms with Crippen LogP contribution in [0.2, 0.25) is 0 Å². The number of carbonyl (C=O) groups is 1. The van der Waals surface area contributed by atoms with Crippen molar-refractivity contribution in [3.05, 3.63) is 59.7 Å². The Morgan fingerprint density at radius 2 is 1.80 bits per heavy atom. The van der Waals surface area contributed by atoms with E-state index in [0.29, 0.717) is 12.1 Å². The van der Waals surface area contributed by atoms with E-state index in [-0.39, 0.29) is 12.3 Å². The molecule has 2 aromatic carbocycles. The van der Waals surface area contributed by atoms with Gasteiger partial charge in [-0.3, -0.25) is 5.32 Å². The van der Waals surface area contributed by atoms with Gasteiger partial charge in [-0.05, 0) is 5.56 Å². The lowest BCUT2D eigenvalue weighted by Crippen LogP contribution is -2.14. The van der Waals surface area contributed by atoms with Gasteiger partial charge in [-0.25, -0.2) is 13.6 Å². The molecule has 2 rings (SSSR count). The normalized spacial score (nSPS) is 10.1. The van der Waals surface area contributed by atoms with Crippen LogP contribution in [-0.4, -0.2) is 11.2 Å². The molecule has 4 nitrogen and oxygen atoms in total. The van der Waals surface area contributed by atoms with Crippen molar-refractivity contribution in [2.75, 3.05) is 5.32 Å². The molecule has 104 valence electrons. The number of benzene rings is 2. The van der Waals surface area contributed by atoms with Gasteiger partial charge in [0.2, 0.25) is 0 Å². The first-order valence-corrected chi connectivity index (χ1v) is 5.72. The zero-order valence-electron chi connectivity index (χ0n) is 10.3. The lowest BCUT2D eigenvalue weighted by Gasteiger charge is -2.09. The Balaban J connectivity index is 1.97. The standard InChI is InChI=1S/C14H11F2NO3/c15-10-6-12(13(18)7-11(10)16)17-14(19)20-8-9-4-2-1-3-5-9/h1-7,18H,8H2,(H,17,19). The molecule has 6 heteroatoms. The molecule has 0 atom stereocenters. The van der Waals surface area contributed by atoms with Gasteiger partial charge in [0.05, 0.1) is 5.69 Å². The Morgan fingerprint density at radius 3 is 2.50 bits per heavy atom. The zero-order valence-corrected chi connectivity index (χ0v) is 10.3. The second kappa shape index (κ2) is 6.01. The minimum atomic E-state index is -1.20. The van der Waals surface area contributed by atoms with E-state index >= 15 is 0 Å². The molecule has 2 aromatic rings. The molecule has 0 fully saturated rings. The van der Waals surface area contributed by atoms with E-state index in [1.54, 1.807) is 24.3 Å². The molecule has 0 radical (unpaired) electrons. The predicted octanol–water partition coefficient (Wildman–Crippen LogP) is 3.42. The number of amides is 1. The SMILES string of the molecule is O=C(Nc1cc(F)c(F)cc1O)OCc1ccccc1. The van der Waals surface area contributed by atoms with Crippen LogP contribution in [0.1, 0.15) is 5.56 Å². The minimum Gasteiger partial charge on any atom is -0.506 e. The van der Waals surface area contributed by atoms with Crippen molar-refractivity contribution >= 4 is 11.8 Å². The first-order valence-electron chi connectivity index (χ1n) is 5.72. The summed E-state index contributed by atoms with van der Waals surface area (Å²) in [6.07, 6.45) is -0.879. The number of rotatable bonds is 3. The maximum atomic E-state index is 13.0. The van der Waals surface area contributed by atoms with Crippen LogP contribution in [0.5, 0.6) is 5.75 Å². The van der Waals surface area contributed by atoms with Gasteiger partial charge in [-0.1, -0.05) is 30.3 Å². The maximum Gasteiger partial charge on any atom is 0.412 e. The van der Waals surface area contributed by atoms with Crippen molar-refractivity contribution in [3.8, 4) is 5.75 Å². The molecular formula is C14H11F2NO3. The molecule has 0 aliphatic carbocycles. The molecule has 0 bridgehead atoms. The quantitative estimate of drug-likeness (QED) is 0.846. The van der Waals surface area contributed by atoms with E-state index in [1.165, 1.54) is 0 Å². The highest BCUT2D eigenvalue weighted by Gasteiger charge is 2.12. The molecule has 0 aliphatic heterocycles. The largest absolute Gasteiger partial charge is 0.506 e. The smallest absolute Gasteiger partial charge is 0.412 e. The highest BCUT2D eigenvalue weighted by molar-refractivity contribution is 5.86. The van der Waals surface area contributed by atoms with Crippen LogP contribution in [0.25, 0.3) is 0 Å². The van der Waals surface area contributed by atoms with E-state index in [4.69, 9.17) is 4.74 Å². The first kappa shape index (κ1) is 13.8. The van der Waals surface area contributed by atoms with Gasteiger partial charge < -0.3 is 9.84 Å². The third-order valence-electron chi connectivity index (χ3n) is 2.49. The molecule has 2 N–H and O–H groups in total. The summed E-state index contributed by atoms with van der Waals surface area (Å²) < 4.78 is 30.6. The number of anilines is 1. The lowest BCUT2D eigenvalue weighted by molar-refractivity contribution is 0.155. The van der Waals surface area contributed by atoms with Gasteiger partial charge in [-0.2, -0.15) is 0 Å². The first-order chi connectivity index (χ1) is 9.56. The summed E-state index contributed by atoms with van der Waals surface area (Å²) in [6, 6.07) is 10.2. The fourth-order valence-electron chi connectivity index (χ4n) is 1.51. The van der Waals surface area contributed by atoms with Crippen molar-refractivity contribution in [1.82, 2.24) is 0 Å². The van der Waals surface area contributed by atoms with Gasteiger partial charge in [0.15, 0.2) is 11.6 Å². The average molecular weight is 279 g/mol. The molecule has 0 spiro atoms. The molecule has 0 aliphatic rings. The Morgan fingerprint density at radius 1 is 1.15 bits per heavy atom. The second-order valence-corrected chi connectivity index (χ2v) is 3.97. The second-order valence-electron chi connectivity index (χ2n) is 3.97. The maximum absolute atomic E-state index is 13.0. The number of phenolic OH excluding ortho intramolecular Hbond substituents is 1. The minimum absolute atomic E-state index is 0.0249. The van der Waals surface area contributed by atoms with E-state index in [1.807, 2.05) is 6.07 Å². The van der Waals surface area contributed by atoms with Crippen LogP contribution in [0.4, 0.5) is 19.3 Å². The van der Waals surface area contributed by atoms with Crippen LogP contribution >= 0.6 is 0 Å². The Hall–Kier alpha value is -2.63. The lowest BCUT2D eigenvalue weighted by atomic mass is 10.2. The van der Waals surface area contributed by atoms with Crippen LogP contribution in [0.3, 0.4) is 0 Å². The molecular weight excluding hydrogens is 268 g/mol. The summed E-state index contributed by atoms with van der Waals surface area (Å²) >= 11 is 0. The Kier molecular flexibility index (Phi) is 4.14. The summed E-state index contributed by atoms with van der Waals surface area (Å²) in [5.41, 5.74) is 0.513.